The number of nitrogens with zero attached hydrogens (tertiary/aromatic N) is 1. The van der Waals surface area contributed by atoms with Crippen LogP contribution in [0.5, 0.6) is 0 Å². The predicted molar refractivity (Wildman–Crippen MR) is 269 cm³/mol. The lowest BCUT2D eigenvalue weighted by molar-refractivity contribution is -0.870. The van der Waals surface area contributed by atoms with Gasteiger partial charge in [0.2, 0.25) is 0 Å². The van der Waals surface area contributed by atoms with Crippen molar-refractivity contribution in [1.82, 2.24) is 5.32 Å². The Bertz CT molecular complexity index is 1520. The van der Waals surface area contributed by atoms with Gasteiger partial charge in [-0.2, -0.15) is 0 Å². The summed E-state index contributed by atoms with van der Waals surface area (Å²) in [5.41, 5.74) is 1.97. The molecule has 0 spiro atoms. The average molecular weight is 965 g/mol. The van der Waals surface area contributed by atoms with E-state index < -0.39 is 39.4 Å². The maximum atomic E-state index is 13.2. The molecule has 0 bridgehead atoms. The number of hydrogen-bond acceptors (Lipinski definition) is 9. The smallest absolute Gasteiger partial charge is 0.508 e. The van der Waals surface area contributed by atoms with Gasteiger partial charge in [0, 0.05) is 13.0 Å². The van der Waals surface area contributed by atoms with Crippen molar-refractivity contribution in [1.29, 1.82) is 0 Å². The number of nitrogens with one attached hydrogen (secondary N) is 1. The van der Waals surface area contributed by atoms with Gasteiger partial charge in [-0.05, 0) is 97.7 Å². The van der Waals surface area contributed by atoms with Crippen LogP contribution in [-0.4, -0.2) is 83.0 Å². The lowest BCUT2D eigenvalue weighted by Crippen LogP contribution is -2.51. The van der Waals surface area contributed by atoms with Crippen molar-refractivity contribution in [3.8, 4) is 0 Å². The molecule has 11 nitrogen and oxygen atoms in total. The van der Waals surface area contributed by atoms with Crippen molar-refractivity contribution < 1.29 is 46.8 Å². The molecule has 3 fully saturated rings. The van der Waals surface area contributed by atoms with Gasteiger partial charge in [0.05, 0.1) is 27.7 Å². The summed E-state index contributed by atoms with van der Waals surface area (Å²) in [6.45, 7) is 14.4. The molecular weight excluding hydrogens is 864 g/mol. The van der Waals surface area contributed by atoms with Gasteiger partial charge in [-0.25, -0.2) is 9.59 Å². The zero-order chi connectivity index (χ0) is 48.9. The number of phosphoric ester groups is 1. The number of carbonyl (C=O) groups excluding carboxylic acids is 2. The Morgan fingerprint density at radius 2 is 1.42 bits per heavy atom. The molecule has 390 valence electrons. The summed E-state index contributed by atoms with van der Waals surface area (Å²) < 4.78 is 40.3. The molecule has 67 heavy (non-hydrogen) atoms. The molecule has 1 amide bonds. The van der Waals surface area contributed by atoms with Gasteiger partial charge in [0.15, 0.2) is 6.10 Å². The molecule has 4 rings (SSSR count). The number of quaternary nitrogens is 1. The number of ether oxygens (including phenoxy) is 3. The first-order valence-electron chi connectivity index (χ1n) is 27.7. The molecule has 4 aliphatic carbocycles. The maximum absolute atomic E-state index is 13.2. The number of carbonyl (C=O) groups is 2. The van der Waals surface area contributed by atoms with Gasteiger partial charge in [-0.3, -0.25) is 4.57 Å². The quantitative estimate of drug-likeness (QED) is 0.0224. The second kappa shape index (κ2) is 29.0. The highest BCUT2D eigenvalue weighted by Gasteiger charge is 2.59. The molecule has 3 saturated carbocycles. The zero-order valence-electron chi connectivity index (χ0n) is 44.4. The molecule has 0 aliphatic heterocycles. The third-order valence-corrected chi connectivity index (χ3v) is 17.9. The van der Waals surface area contributed by atoms with Gasteiger partial charge in [0.25, 0.3) is 7.82 Å². The fourth-order valence-electron chi connectivity index (χ4n) is 12.9. The lowest BCUT2D eigenvalue weighted by Gasteiger charge is -2.58. The summed E-state index contributed by atoms with van der Waals surface area (Å²) in [7, 11) is 1.07. The first-order chi connectivity index (χ1) is 31.9. The molecule has 2 unspecified atom stereocenters. The second-order valence-corrected chi connectivity index (χ2v) is 25.1. The highest BCUT2D eigenvalue weighted by Crippen LogP contribution is 2.67. The normalized spacial score (nSPS) is 27.8. The summed E-state index contributed by atoms with van der Waals surface area (Å²) in [6, 6.07) is 0. The van der Waals surface area contributed by atoms with Crippen LogP contribution in [0, 0.1) is 46.3 Å². The van der Waals surface area contributed by atoms with Crippen LogP contribution in [0.3, 0.4) is 0 Å². The van der Waals surface area contributed by atoms with E-state index in [0.717, 1.165) is 68.1 Å². The van der Waals surface area contributed by atoms with Crippen molar-refractivity contribution in [2.75, 3.05) is 54.1 Å². The number of amides is 1. The Hall–Kier alpha value is -1.65. The van der Waals surface area contributed by atoms with Crippen molar-refractivity contribution in [2.45, 2.75) is 227 Å². The summed E-state index contributed by atoms with van der Waals surface area (Å²) in [4.78, 5) is 38.7. The SMILES string of the molecule is CCCCCCCCCCCCCCCCCCNC(=O)OC(COC(=O)O[C@H]1CC[C@@]2(C)C(=CC[C@H]3[C@@H]4CC[C@H]([C@H](C)CCCC(C)C)[C@@]4(C)CC[C@@H]32)C1)COP(=O)([O-])OCC[N+](C)(C)C. The minimum atomic E-state index is -4.71. The fraction of sp³-hybridized carbons (Fsp3) is 0.927. The van der Waals surface area contributed by atoms with Crippen LogP contribution in [-0.2, 0) is 27.8 Å². The number of likely N-dealkylation sites (N-methyl/N-ethyl adjacent to an activating group) is 1. The highest BCUT2D eigenvalue weighted by atomic mass is 31.2. The van der Waals surface area contributed by atoms with Crippen molar-refractivity contribution in [3.05, 3.63) is 11.6 Å². The number of unbranched alkanes of at least 4 members (excludes halogenated alkanes) is 15. The van der Waals surface area contributed by atoms with E-state index in [1.165, 1.54) is 134 Å². The van der Waals surface area contributed by atoms with Crippen molar-refractivity contribution in [2.24, 2.45) is 46.3 Å². The highest BCUT2D eigenvalue weighted by molar-refractivity contribution is 7.45. The van der Waals surface area contributed by atoms with Gasteiger partial charge in [-0.15, -0.1) is 0 Å². The standard InChI is InChI=1S/C55H101N2O9P/c1-10-11-12-13-14-15-16-17-18-19-20-21-22-23-24-25-37-56-52(58)65-47(42-64-67(60,61)63-39-38-57(7,8)9)41-62-53(59)66-46-33-35-54(5)45(40-46)29-30-48-50-32-31-49(44(4)28-26-27-43(2)3)55(50,6)36-34-51(48)54/h29,43-44,46-51H,10-28,30-42H2,1-9H3,(H-,56,58,60,61)/t44-,46+,47?,48+,49-,50+,51+,54+,55-/m1/s1. The molecule has 1 N–H and O–H groups in total. The van der Waals surface area contributed by atoms with Crippen molar-refractivity contribution in [3.63, 3.8) is 0 Å². The van der Waals surface area contributed by atoms with Crippen LogP contribution < -0.4 is 10.2 Å². The second-order valence-electron chi connectivity index (χ2n) is 23.7. The van der Waals surface area contributed by atoms with E-state index >= 15 is 0 Å². The number of alkyl carbamates (subject to hydrolysis) is 1. The van der Waals surface area contributed by atoms with E-state index in [-0.39, 0.29) is 18.1 Å². The first kappa shape index (κ1) is 57.9. The van der Waals surface area contributed by atoms with Crippen LogP contribution in [0.2, 0.25) is 0 Å². The molecule has 0 aromatic heterocycles. The van der Waals surface area contributed by atoms with Crippen molar-refractivity contribution >= 4 is 20.1 Å². The predicted octanol–water partition coefficient (Wildman–Crippen LogP) is 14.1. The summed E-state index contributed by atoms with van der Waals surface area (Å²) in [5.74, 6) is 4.57. The minimum Gasteiger partial charge on any atom is -0.756 e. The molecule has 0 aromatic carbocycles. The van der Waals surface area contributed by atoms with Gasteiger partial charge in [0.1, 0.15) is 25.9 Å². The molecule has 0 radical (unpaired) electrons. The summed E-state index contributed by atoms with van der Waals surface area (Å²) >= 11 is 0. The van der Waals surface area contributed by atoms with Gasteiger partial charge < -0.3 is 38.0 Å². The topological polar surface area (TPSA) is 132 Å². The monoisotopic (exact) mass is 965 g/mol. The molecule has 0 heterocycles. The van der Waals surface area contributed by atoms with Crippen LogP contribution >= 0.6 is 7.82 Å². The number of hydrogen-bond donors (Lipinski definition) is 1. The molecule has 0 aromatic rings. The Balaban J connectivity index is 1.19. The number of allylic oxidation sites excluding steroid dienone is 1. The van der Waals surface area contributed by atoms with E-state index in [4.69, 9.17) is 23.3 Å². The number of fused-ring (bicyclic) bond motifs is 5. The Morgan fingerprint density at radius 3 is 2.03 bits per heavy atom. The summed E-state index contributed by atoms with van der Waals surface area (Å²) in [6.07, 6.45) is 32.6. The molecule has 4 aliphatic rings. The largest absolute Gasteiger partial charge is 0.756 e. The minimum absolute atomic E-state index is 0.0604. The average Bonchev–Trinajstić information content (AvgIpc) is 3.62. The van der Waals surface area contributed by atoms with Crippen LogP contribution in [0.25, 0.3) is 0 Å². The van der Waals surface area contributed by atoms with Crippen LogP contribution in [0.1, 0.15) is 215 Å². The van der Waals surface area contributed by atoms with E-state index in [2.05, 4.69) is 52.9 Å². The van der Waals surface area contributed by atoms with Crippen LogP contribution in [0.4, 0.5) is 9.59 Å². The molecule has 0 saturated heterocycles. The van der Waals surface area contributed by atoms with E-state index in [9.17, 15) is 19.0 Å². The third-order valence-electron chi connectivity index (χ3n) is 16.9. The van der Waals surface area contributed by atoms with E-state index in [1.807, 2.05) is 21.1 Å². The van der Waals surface area contributed by atoms with E-state index in [0.29, 0.717) is 35.3 Å². The fourth-order valence-corrected chi connectivity index (χ4v) is 13.6. The van der Waals surface area contributed by atoms with Crippen LogP contribution in [0.15, 0.2) is 11.6 Å². The van der Waals surface area contributed by atoms with Gasteiger partial charge >= 0.3 is 12.2 Å². The van der Waals surface area contributed by atoms with Gasteiger partial charge in [-0.1, -0.05) is 169 Å². The molecular formula is C55H101N2O9P. The molecule has 12 heteroatoms. The maximum Gasteiger partial charge on any atom is 0.508 e. The molecule has 10 atom stereocenters. The Labute approximate surface area is 409 Å². The third kappa shape index (κ3) is 19.8. The number of rotatable bonds is 33. The number of phosphoric acid groups is 1. The first-order valence-corrected chi connectivity index (χ1v) is 29.2. The zero-order valence-corrected chi connectivity index (χ0v) is 45.3. The Morgan fingerprint density at radius 1 is 0.791 bits per heavy atom. The Kier molecular flexibility index (Phi) is 25.1. The lowest BCUT2D eigenvalue weighted by atomic mass is 9.47. The summed E-state index contributed by atoms with van der Waals surface area (Å²) in [5, 5.41) is 2.77. The van der Waals surface area contributed by atoms with E-state index in [1.54, 1.807) is 0 Å².